The average Bonchev–Trinajstić information content (AvgIpc) is 2.37. The van der Waals surface area contributed by atoms with Crippen molar-refractivity contribution >= 4 is 12.2 Å². The second-order valence-electron chi connectivity index (χ2n) is 13.9. The summed E-state index contributed by atoms with van der Waals surface area (Å²) >= 11 is 0. The van der Waals surface area contributed by atoms with Crippen molar-refractivity contribution < 1.29 is 27.8 Å². The summed E-state index contributed by atoms with van der Waals surface area (Å²) in [5.74, 6) is -3.70. The molecule has 6 nitrogen and oxygen atoms in total. The highest BCUT2D eigenvalue weighted by Crippen LogP contribution is 2.43. The van der Waals surface area contributed by atoms with Crippen LogP contribution in [-0.4, -0.2) is 40.4 Å². The highest BCUT2D eigenvalue weighted by molar-refractivity contribution is 5.69. The van der Waals surface area contributed by atoms with Crippen LogP contribution in [0.25, 0.3) is 0 Å². The molecule has 0 bridgehead atoms. The van der Waals surface area contributed by atoms with E-state index in [1.807, 2.05) is 41.5 Å². The molecule has 0 aromatic rings. The van der Waals surface area contributed by atoms with E-state index in [2.05, 4.69) is 10.6 Å². The third kappa shape index (κ3) is 10.5. The smallest absolute Gasteiger partial charge is 0.408 e. The zero-order chi connectivity index (χ0) is 26.9. The number of hydrogen-bond donors (Lipinski definition) is 2. The van der Waals surface area contributed by atoms with E-state index in [0.717, 1.165) is 27.7 Å². The van der Waals surface area contributed by atoms with Crippen LogP contribution >= 0.6 is 0 Å². The summed E-state index contributed by atoms with van der Waals surface area (Å²) in [6.07, 6.45) is -0.684. The minimum atomic E-state index is -3.70. The van der Waals surface area contributed by atoms with Gasteiger partial charge < -0.3 is 20.1 Å². The molecule has 0 unspecified atom stereocenters. The first-order chi connectivity index (χ1) is 14.1. The number of carbonyl (C=O) groups excluding carboxylic acids is 2. The molecule has 2 N–H and O–H groups in total. The Hall–Kier alpha value is -1.60. The van der Waals surface area contributed by atoms with E-state index in [0.29, 0.717) is 12.8 Å². The summed E-state index contributed by atoms with van der Waals surface area (Å²) < 4.78 is 41.3. The lowest BCUT2D eigenvalue weighted by Gasteiger charge is -2.43. The van der Waals surface area contributed by atoms with Crippen molar-refractivity contribution in [2.75, 3.05) is 0 Å². The molecule has 0 atom stereocenters. The van der Waals surface area contributed by atoms with E-state index < -0.39 is 40.4 Å². The van der Waals surface area contributed by atoms with E-state index in [9.17, 15) is 9.59 Å². The number of rotatable bonds is 8. The monoisotopic (exact) mass is 478 g/mol. The molecule has 0 aromatic carbocycles. The van der Waals surface area contributed by atoms with Gasteiger partial charge in [0.15, 0.2) is 11.2 Å². The molecule has 0 saturated heterocycles. The van der Waals surface area contributed by atoms with Crippen molar-refractivity contribution in [1.82, 2.24) is 10.6 Å². The fourth-order valence-electron chi connectivity index (χ4n) is 4.66. The van der Waals surface area contributed by atoms with Gasteiger partial charge in [-0.1, -0.05) is 41.5 Å². The maximum absolute atomic E-state index is 15.5. The van der Waals surface area contributed by atoms with Gasteiger partial charge in [-0.15, -0.1) is 0 Å². The number of amides is 2. The SMILES string of the molecule is CC(C)(C)CC(C)(C)NC(=O)OC(C)(C)C(F)(F)C(C)(C)OC(=O)NC(C)(C)CC(C)(C)C. The fraction of sp³-hybridized carbons (Fsp3) is 0.920. The lowest BCUT2D eigenvalue weighted by molar-refractivity contribution is -0.248. The molecule has 0 aliphatic heterocycles. The molecule has 0 heterocycles. The Bertz CT molecular complexity index is 642. The number of nitrogens with one attached hydrogen (secondary N) is 2. The fourth-order valence-corrected chi connectivity index (χ4v) is 4.66. The minimum Gasteiger partial charge on any atom is -0.437 e. The molecule has 0 saturated carbocycles. The summed E-state index contributed by atoms with van der Waals surface area (Å²) in [7, 11) is 0. The van der Waals surface area contributed by atoms with Gasteiger partial charge >= 0.3 is 18.1 Å². The summed E-state index contributed by atoms with van der Waals surface area (Å²) in [5, 5.41) is 5.34. The highest BCUT2D eigenvalue weighted by Gasteiger charge is 2.62. The summed E-state index contributed by atoms with van der Waals surface area (Å²) in [4.78, 5) is 25.0. The van der Waals surface area contributed by atoms with Gasteiger partial charge in [-0.25, -0.2) is 9.59 Å². The molecule has 0 spiro atoms. The van der Waals surface area contributed by atoms with Crippen LogP contribution in [0.15, 0.2) is 0 Å². The highest BCUT2D eigenvalue weighted by atomic mass is 19.3. The first-order valence-corrected chi connectivity index (χ1v) is 11.5. The van der Waals surface area contributed by atoms with Gasteiger partial charge in [0.2, 0.25) is 0 Å². The zero-order valence-electron chi connectivity index (χ0n) is 23.3. The van der Waals surface area contributed by atoms with Crippen LogP contribution in [-0.2, 0) is 9.47 Å². The number of ether oxygens (including phenoxy) is 2. The number of carbonyl (C=O) groups is 2. The second kappa shape index (κ2) is 9.57. The first kappa shape index (κ1) is 31.4. The van der Waals surface area contributed by atoms with Gasteiger partial charge in [-0.3, -0.25) is 0 Å². The first-order valence-electron chi connectivity index (χ1n) is 11.5. The molecule has 0 fully saturated rings. The van der Waals surface area contributed by atoms with Crippen LogP contribution in [0.1, 0.15) is 110 Å². The minimum absolute atomic E-state index is 0.0831. The average molecular weight is 479 g/mol. The predicted molar refractivity (Wildman–Crippen MR) is 129 cm³/mol. The number of halogens is 2. The lowest BCUT2D eigenvalue weighted by atomic mass is 9.82. The zero-order valence-corrected chi connectivity index (χ0v) is 23.3. The maximum atomic E-state index is 15.5. The summed E-state index contributed by atoms with van der Waals surface area (Å²) in [6.45, 7) is 23.8. The van der Waals surface area contributed by atoms with E-state index >= 15 is 8.78 Å². The van der Waals surface area contributed by atoms with Crippen molar-refractivity contribution in [3.8, 4) is 0 Å². The molecule has 0 rings (SSSR count). The van der Waals surface area contributed by atoms with Gasteiger partial charge in [0.05, 0.1) is 0 Å². The molecule has 0 aromatic heterocycles. The Morgan fingerprint density at radius 3 is 1.03 bits per heavy atom. The van der Waals surface area contributed by atoms with Crippen molar-refractivity contribution in [2.45, 2.75) is 138 Å². The second-order valence-corrected chi connectivity index (χ2v) is 13.9. The summed E-state index contributed by atoms with van der Waals surface area (Å²) in [5.41, 5.74) is -5.99. The number of alkyl halides is 2. The molecule has 33 heavy (non-hydrogen) atoms. The quantitative estimate of drug-likeness (QED) is 0.391. The molecule has 0 aliphatic rings. The van der Waals surface area contributed by atoms with Crippen LogP contribution in [0.2, 0.25) is 0 Å². The van der Waals surface area contributed by atoms with Crippen molar-refractivity contribution in [3.63, 3.8) is 0 Å². The van der Waals surface area contributed by atoms with E-state index in [1.54, 1.807) is 27.7 Å². The van der Waals surface area contributed by atoms with E-state index in [1.165, 1.54) is 0 Å². The molecular weight excluding hydrogens is 430 g/mol. The van der Waals surface area contributed by atoms with Gasteiger partial charge in [-0.05, 0) is 79.1 Å². The molecule has 8 heteroatoms. The standard InChI is InChI=1S/C25H48F2N2O4/c1-19(2,3)15-21(7,8)28-17(30)32-23(11,12)25(26,27)24(13,14)33-18(31)29-22(9,10)16-20(4,5)6/h15-16H2,1-14H3,(H,28,30)(H,29,31). The molecule has 2 amide bonds. The largest absolute Gasteiger partial charge is 0.437 e. The van der Waals surface area contributed by atoms with Gasteiger partial charge in [0.1, 0.15) is 0 Å². The van der Waals surface area contributed by atoms with E-state index in [-0.39, 0.29) is 10.8 Å². The molecule has 0 radical (unpaired) electrons. The number of hydrogen-bond acceptors (Lipinski definition) is 4. The van der Waals surface area contributed by atoms with Crippen LogP contribution in [0.3, 0.4) is 0 Å². The van der Waals surface area contributed by atoms with Crippen LogP contribution in [0.4, 0.5) is 18.4 Å². The van der Waals surface area contributed by atoms with E-state index in [4.69, 9.17) is 9.47 Å². The Morgan fingerprint density at radius 2 is 0.818 bits per heavy atom. The van der Waals surface area contributed by atoms with Crippen LogP contribution in [0, 0.1) is 10.8 Å². The normalized spacial score (nSPS) is 14.5. The predicted octanol–water partition coefficient (Wildman–Crippen LogP) is 7.06. The van der Waals surface area contributed by atoms with Crippen molar-refractivity contribution in [1.29, 1.82) is 0 Å². The van der Waals surface area contributed by atoms with Crippen molar-refractivity contribution in [2.24, 2.45) is 10.8 Å². The lowest BCUT2D eigenvalue weighted by Crippen LogP contribution is -2.62. The van der Waals surface area contributed by atoms with Crippen LogP contribution < -0.4 is 10.6 Å². The van der Waals surface area contributed by atoms with Crippen molar-refractivity contribution in [3.05, 3.63) is 0 Å². The van der Waals surface area contributed by atoms with Gasteiger partial charge in [0.25, 0.3) is 0 Å². The summed E-state index contributed by atoms with van der Waals surface area (Å²) in [6, 6.07) is 0. The number of alkyl carbamates (subject to hydrolysis) is 2. The molecular formula is C25H48F2N2O4. The Labute approximate surface area is 199 Å². The molecule has 0 aliphatic carbocycles. The third-order valence-corrected chi connectivity index (χ3v) is 5.03. The topological polar surface area (TPSA) is 76.7 Å². The Morgan fingerprint density at radius 1 is 0.576 bits per heavy atom. The van der Waals surface area contributed by atoms with Crippen LogP contribution in [0.5, 0.6) is 0 Å². The molecule has 196 valence electrons. The Balaban J connectivity index is 5.40. The van der Waals surface area contributed by atoms with Gasteiger partial charge in [-0.2, -0.15) is 8.78 Å². The van der Waals surface area contributed by atoms with Gasteiger partial charge in [0, 0.05) is 11.1 Å². The third-order valence-electron chi connectivity index (χ3n) is 5.03. The Kier molecular flexibility index (Phi) is 9.11. The maximum Gasteiger partial charge on any atom is 0.408 e.